The lowest BCUT2D eigenvalue weighted by Crippen LogP contribution is -2.41. The minimum Gasteiger partial charge on any atom is -0.483 e. The molecule has 2 aromatic carbocycles. The van der Waals surface area contributed by atoms with E-state index in [-0.39, 0.29) is 18.1 Å². The third-order valence-electron chi connectivity index (χ3n) is 5.41. The van der Waals surface area contributed by atoms with Gasteiger partial charge in [-0.2, -0.15) is 0 Å². The van der Waals surface area contributed by atoms with Gasteiger partial charge in [0.1, 0.15) is 5.60 Å². The molecule has 0 saturated carbocycles. The average Bonchev–Trinajstić information content (AvgIpc) is 3.28. The lowest BCUT2D eigenvalue weighted by molar-refractivity contribution is -0.123. The number of benzene rings is 2. The fourth-order valence-electron chi connectivity index (χ4n) is 4.13. The predicted molar refractivity (Wildman–Crippen MR) is 110 cm³/mol. The number of rotatable bonds is 6. The van der Waals surface area contributed by atoms with Gasteiger partial charge in [-0.15, -0.1) is 0 Å². The van der Waals surface area contributed by atoms with Crippen LogP contribution in [0.1, 0.15) is 32.3 Å². The molecule has 1 saturated heterocycles. The maximum atomic E-state index is 12.3. The highest BCUT2D eigenvalue weighted by molar-refractivity contribution is 5.77. The van der Waals surface area contributed by atoms with Gasteiger partial charge < -0.3 is 19.7 Å². The molecule has 0 aliphatic carbocycles. The van der Waals surface area contributed by atoms with E-state index in [0.717, 1.165) is 37.1 Å². The predicted octanol–water partition coefficient (Wildman–Crippen LogP) is 3.56. The molecule has 0 radical (unpaired) electrons. The Morgan fingerprint density at radius 3 is 2.86 bits per heavy atom. The van der Waals surface area contributed by atoms with Crippen LogP contribution in [0.2, 0.25) is 0 Å². The fourth-order valence-corrected chi connectivity index (χ4v) is 4.13. The zero-order valence-electron chi connectivity index (χ0n) is 16.6. The van der Waals surface area contributed by atoms with Gasteiger partial charge in [-0.25, -0.2) is 0 Å². The van der Waals surface area contributed by atoms with E-state index in [1.807, 2.05) is 18.2 Å². The van der Waals surface area contributed by atoms with Crippen LogP contribution in [0.15, 0.2) is 48.5 Å². The lowest BCUT2D eigenvalue weighted by atomic mass is 10.0. The van der Waals surface area contributed by atoms with Gasteiger partial charge in [-0.3, -0.25) is 4.79 Å². The van der Waals surface area contributed by atoms with Gasteiger partial charge in [0, 0.05) is 36.8 Å². The van der Waals surface area contributed by atoms with Gasteiger partial charge in [-0.05, 0) is 44.9 Å². The second-order valence-electron chi connectivity index (χ2n) is 8.20. The minimum atomic E-state index is -0.229. The molecule has 2 aliphatic rings. The standard InChI is InChI=1S/C23H28N2O3/c1-23(2)14-17-8-6-12-20(22(17)28-23)27-16-21(26)24-15-19-11-7-13-25(19)18-9-4-3-5-10-18/h3-6,8-10,12,19H,7,11,13-16H2,1-2H3,(H,24,26). The summed E-state index contributed by atoms with van der Waals surface area (Å²) in [5.74, 6) is 1.31. The van der Waals surface area contributed by atoms with Crippen molar-refractivity contribution in [3.05, 3.63) is 54.1 Å². The highest BCUT2D eigenvalue weighted by Gasteiger charge is 2.32. The number of nitrogens with zero attached hydrogens (tertiary/aromatic N) is 1. The van der Waals surface area contributed by atoms with E-state index in [2.05, 4.69) is 54.4 Å². The van der Waals surface area contributed by atoms with E-state index < -0.39 is 0 Å². The molecule has 0 spiro atoms. The summed E-state index contributed by atoms with van der Waals surface area (Å²) in [7, 11) is 0. The van der Waals surface area contributed by atoms with Crippen molar-refractivity contribution in [2.45, 2.75) is 44.8 Å². The molecule has 1 atom stereocenters. The maximum absolute atomic E-state index is 12.3. The molecule has 1 amide bonds. The normalized spacial score (nSPS) is 19.8. The second-order valence-corrected chi connectivity index (χ2v) is 8.20. The van der Waals surface area contributed by atoms with E-state index in [4.69, 9.17) is 9.47 Å². The maximum Gasteiger partial charge on any atom is 0.258 e. The van der Waals surface area contributed by atoms with Crippen molar-refractivity contribution in [3.63, 3.8) is 0 Å². The van der Waals surface area contributed by atoms with Crippen molar-refractivity contribution < 1.29 is 14.3 Å². The third-order valence-corrected chi connectivity index (χ3v) is 5.41. The minimum absolute atomic E-state index is 0.00169. The Bertz CT molecular complexity index is 835. The van der Waals surface area contributed by atoms with Gasteiger partial charge in [0.15, 0.2) is 18.1 Å². The van der Waals surface area contributed by atoms with Crippen molar-refractivity contribution in [2.24, 2.45) is 0 Å². The van der Waals surface area contributed by atoms with E-state index in [0.29, 0.717) is 18.3 Å². The van der Waals surface area contributed by atoms with Gasteiger partial charge in [0.25, 0.3) is 5.91 Å². The van der Waals surface area contributed by atoms with Crippen LogP contribution in [0.25, 0.3) is 0 Å². The molecule has 0 aromatic heterocycles. The number of nitrogens with one attached hydrogen (secondary N) is 1. The largest absolute Gasteiger partial charge is 0.483 e. The van der Waals surface area contributed by atoms with Gasteiger partial charge >= 0.3 is 0 Å². The third kappa shape index (κ3) is 4.08. The molecule has 1 fully saturated rings. The smallest absolute Gasteiger partial charge is 0.258 e. The van der Waals surface area contributed by atoms with Gasteiger partial charge in [-0.1, -0.05) is 30.3 Å². The number of hydrogen-bond donors (Lipinski definition) is 1. The van der Waals surface area contributed by atoms with Crippen LogP contribution in [0, 0.1) is 0 Å². The Morgan fingerprint density at radius 2 is 2.04 bits per heavy atom. The number of carbonyl (C=O) groups is 1. The highest BCUT2D eigenvalue weighted by Crippen LogP contribution is 2.41. The topological polar surface area (TPSA) is 50.8 Å². The van der Waals surface area contributed by atoms with Gasteiger partial charge in [0.2, 0.25) is 0 Å². The summed E-state index contributed by atoms with van der Waals surface area (Å²) in [6.45, 7) is 5.78. The molecule has 28 heavy (non-hydrogen) atoms. The van der Waals surface area contributed by atoms with Crippen LogP contribution in [0.5, 0.6) is 11.5 Å². The van der Waals surface area contributed by atoms with Crippen molar-refractivity contribution in [1.29, 1.82) is 0 Å². The Hall–Kier alpha value is -2.69. The SMILES string of the molecule is CC1(C)Cc2cccc(OCC(=O)NCC3CCCN3c3ccccc3)c2O1. The quantitative estimate of drug-likeness (QED) is 0.833. The molecule has 1 unspecified atom stereocenters. The second kappa shape index (κ2) is 7.74. The monoisotopic (exact) mass is 380 g/mol. The number of para-hydroxylation sites is 2. The van der Waals surface area contributed by atoms with Crippen LogP contribution in [-0.4, -0.2) is 37.2 Å². The molecular formula is C23H28N2O3. The Kier molecular flexibility index (Phi) is 5.16. The molecular weight excluding hydrogens is 352 g/mol. The number of ether oxygens (including phenoxy) is 2. The Balaban J connectivity index is 1.30. The molecule has 148 valence electrons. The first-order valence-electron chi connectivity index (χ1n) is 10.0. The number of carbonyl (C=O) groups excluding carboxylic acids is 1. The summed E-state index contributed by atoms with van der Waals surface area (Å²) in [4.78, 5) is 14.7. The number of anilines is 1. The van der Waals surface area contributed by atoms with E-state index in [9.17, 15) is 4.79 Å². The van der Waals surface area contributed by atoms with E-state index in [1.54, 1.807) is 0 Å². The highest BCUT2D eigenvalue weighted by atomic mass is 16.5. The molecule has 0 bridgehead atoms. The summed E-state index contributed by atoms with van der Waals surface area (Å²) in [6, 6.07) is 16.6. The first-order chi connectivity index (χ1) is 13.5. The number of amides is 1. The van der Waals surface area contributed by atoms with Crippen LogP contribution in [0.4, 0.5) is 5.69 Å². The van der Waals surface area contributed by atoms with Crippen molar-refractivity contribution in [1.82, 2.24) is 5.32 Å². The summed E-state index contributed by atoms with van der Waals surface area (Å²) < 4.78 is 11.8. The molecule has 4 rings (SSSR count). The molecule has 5 heteroatoms. The summed E-state index contributed by atoms with van der Waals surface area (Å²) in [5, 5.41) is 3.03. The van der Waals surface area contributed by atoms with Crippen LogP contribution in [0.3, 0.4) is 0 Å². The van der Waals surface area contributed by atoms with Gasteiger partial charge in [0.05, 0.1) is 0 Å². The summed E-state index contributed by atoms with van der Waals surface area (Å²) >= 11 is 0. The van der Waals surface area contributed by atoms with Crippen molar-refractivity contribution >= 4 is 11.6 Å². The molecule has 2 aliphatic heterocycles. The van der Waals surface area contributed by atoms with Crippen molar-refractivity contribution in [2.75, 3.05) is 24.6 Å². The Morgan fingerprint density at radius 1 is 1.21 bits per heavy atom. The molecule has 5 nitrogen and oxygen atoms in total. The van der Waals surface area contributed by atoms with Crippen molar-refractivity contribution in [3.8, 4) is 11.5 Å². The average molecular weight is 380 g/mol. The zero-order valence-corrected chi connectivity index (χ0v) is 16.6. The van der Waals surface area contributed by atoms with Crippen LogP contribution in [-0.2, 0) is 11.2 Å². The van der Waals surface area contributed by atoms with Crippen LogP contribution < -0.4 is 19.7 Å². The summed E-state index contributed by atoms with van der Waals surface area (Å²) in [6.07, 6.45) is 3.09. The molecule has 2 aromatic rings. The first-order valence-corrected chi connectivity index (χ1v) is 10.0. The first kappa shape index (κ1) is 18.7. The zero-order chi connectivity index (χ0) is 19.6. The summed E-state index contributed by atoms with van der Waals surface area (Å²) in [5.41, 5.74) is 2.12. The lowest BCUT2D eigenvalue weighted by Gasteiger charge is -2.27. The molecule has 1 N–H and O–H groups in total. The number of fused-ring (bicyclic) bond motifs is 1. The number of hydrogen-bond acceptors (Lipinski definition) is 4. The Labute approximate surface area is 166 Å². The van der Waals surface area contributed by atoms with E-state index in [1.165, 1.54) is 5.69 Å². The molecule has 2 heterocycles. The fraction of sp³-hybridized carbons (Fsp3) is 0.435. The van der Waals surface area contributed by atoms with E-state index >= 15 is 0 Å². The van der Waals surface area contributed by atoms with Crippen LogP contribution >= 0.6 is 0 Å².